The molecule has 1 saturated heterocycles. The Morgan fingerprint density at radius 3 is 2.76 bits per heavy atom. The molecule has 0 bridgehead atoms. The van der Waals surface area contributed by atoms with Gasteiger partial charge in [0.05, 0.1) is 13.2 Å². The Labute approximate surface area is 102 Å². The van der Waals surface area contributed by atoms with Gasteiger partial charge in [-0.3, -0.25) is 9.59 Å². The second kappa shape index (κ2) is 6.59. The molecule has 2 amide bonds. The first kappa shape index (κ1) is 14.0. The zero-order valence-corrected chi connectivity index (χ0v) is 10.9. The average Bonchev–Trinajstić information content (AvgIpc) is 2.23. The maximum Gasteiger partial charge on any atom is 0.245 e. The van der Waals surface area contributed by atoms with Gasteiger partial charge in [-0.15, -0.1) is 0 Å². The maximum atomic E-state index is 11.7. The van der Waals surface area contributed by atoms with Gasteiger partial charge in [0, 0.05) is 13.2 Å². The fraction of sp³-hybridized carbons (Fsp3) is 0.833. The van der Waals surface area contributed by atoms with Crippen molar-refractivity contribution in [2.45, 2.75) is 33.2 Å². The summed E-state index contributed by atoms with van der Waals surface area (Å²) in [6, 6.07) is -0.410. The van der Waals surface area contributed by atoms with E-state index >= 15 is 0 Å². The summed E-state index contributed by atoms with van der Waals surface area (Å²) in [4.78, 5) is 24.5. The van der Waals surface area contributed by atoms with Gasteiger partial charge in [-0.1, -0.05) is 13.8 Å². The van der Waals surface area contributed by atoms with Crippen LogP contribution in [0.1, 0.15) is 27.2 Å². The molecule has 1 atom stereocenters. The summed E-state index contributed by atoms with van der Waals surface area (Å²) in [6.07, 6.45) is 1.02. The maximum absolute atomic E-state index is 11.7. The number of carbonyl (C=O) groups is 2. The van der Waals surface area contributed by atoms with E-state index in [9.17, 15) is 9.59 Å². The summed E-state index contributed by atoms with van der Waals surface area (Å²) in [5.74, 6) is 0.494. The van der Waals surface area contributed by atoms with E-state index < -0.39 is 6.04 Å². The molecule has 0 aliphatic carbocycles. The first-order chi connectivity index (χ1) is 8.00. The average molecular weight is 242 g/mol. The predicted octanol–water partition coefficient (Wildman–Crippen LogP) is 0.396. The van der Waals surface area contributed by atoms with Crippen molar-refractivity contribution in [3.8, 4) is 0 Å². The number of nitrogens with one attached hydrogen (secondary N) is 1. The second-order valence-electron chi connectivity index (χ2n) is 4.84. The van der Waals surface area contributed by atoms with Crippen molar-refractivity contribution in [1.82, 2.24) is 10.2 Å². The zero-order chi connectivity index (χ0) is 12.8. The van der Waals surface area contributed by atoms with Crippen molar-refractivity contribution in [3.05, 3.63) is 0 Å². The van der Waals surface area contributed by atoms with Gasteiger partial charge in [0.2, 0.25) is 11.8 Å². The van der Waals surface area contributed by atoms with Crippen LogP contribution in [-0.4, -0.2) is 49.1 Å². The minimum absolute atomic E-state index is 0.0305. The summed E-state index contributed by atoms with van der Waals surface area (Å²) >= 11 is 0. The predicted molar refractivity (Wildman–Crippen MR) is 64.5 cm³/mol. The molecule has 0 aromatic carbocycles. The van der Waals surface area contributed by atoms with E-state index in [0.717, 1.165) is 6.42 Å². The van der Waals surface area contributed by atoms with Crippen LogP contribution in [0.15, 0.2) is 0 Å². The van der Waals surface area contributed by atoms with Crippen LogP contribution >= 0.6 is 0 Å². The lowest BCUT2D eigenvalue weighted by Crippen LogP contribution is -2.57. The molecule has 17 heavy (non-hydrogen) atoms. The van der Waals surface area contributed by atoms with Gasteiger partial charge in [-0.2, -0.15) is 0 Å². The molecule has 5 nitrogen and oxygen atoms in total. The molecule has 1 heterocycles. The van der Waals surface area contributed by atoms with Crippen LogP contribution in [-0.2, 0) is 14.3 Å². The molecular weight excluding hydrogens is 220 g/mol. The fourth-order valence-electron chi connectivity index (χ4n) is 1.66. The highest BCUT2D eigenvalue weighted by Crippen LogP contribution is 2.02. The Morgan fingerprint density at radius 1 is 1.41 bits per heavy atom. The number of rotatable bonds is 6. The van der Waals surface area contributed by atoms with Crippen molar-refractivity contribution in [3.63, 3.8) is 0 Å². The monoisotopic (exact) mass is 242 g/mol. The first-order valence-corrected chi connectivity index (χ1v) is 6.16. The SMILES string of the molecule is CC(C)CCOCCN1CC(=O)NC(C)C1=O. The zero-order valence-electron chi connectivity index (χ0n) is 10.9. The van der Waals surface area contributed by atoms with Crippen molar-refractivity contribution in [1.29, 1.82) is 0 Å². The molecular formula is C12H22N2O3. The summed E-state index contributed by atoms with van der Waals surface area (Å²) in [6.45, 7) is 7.84. The number of hydrogen-bond acceptors (Lipinski definition) is 3. The molecule has 0 radical (unpaired) electrons. The van der Waals surface area contributed by atoms with Crippen LogP contribution in [0.3, 0.4) is 0 Å². The molecule has 1 aliphatic rings. The van der Waals surface area contributed by atoms with E-state index in [4.69, 9.17) is 4.74 Å². The lowest BCUT2D eigenvalue weighted by molar-refractivity contribution is -0.144. The summed E-state index contributed by atoms with van der Waals surface area (Å²) in [5.41, 5.74) is 0. The third-order valence-electron chi connectivity index (χ3n) is 2.74. The number of piperazine rings is 1. The molecule has 0 aromatic rings. The highest BCUT2D eigenvalue weighted by atomic mass is 16.5. The summed E-state index contributed by atoms with van der Waals surface area (Å²) < 4.78 is 5.44. The van der Waals surface area contributed by atoms with E-state index in [0.29, 0.717) is 25.7 Å². The summed E-state index contributed by atoms with van der Waals surface area (Å²) in [7, 11) is 0. The van der Waals surface area contributed by atoms with E-state index in [1.165, 1.54) is 0 Å². The van der Waals surface area contributed by atoms with Crippen molar-refractivity contribution < 1.29 is 14.3 Å². The molecule has 0 aromatic heterocycles. The van der Waals surface area contributed by atoms with E-state index in [1.807, 2.05) is 0 Å². The normalized spacial score (nSPS) is 20.9. The van der Waals surface area contributed by atoms with Gasteiger partial charge >= 0.3 is 0 Å². The quantitative estimate of drug-likeness (QED) is 0.686. The van der Waals surface area contributed by atoms with Gasteiger partial charge in [-0.25, -0.2) is 0 Å². The number of amides is 2. The Morgan fingerprint density at radius 2 is 2.12 bits per heavy atom. The molecule has 5 heteroatoms. The van der Waals surface area contributed by atoms with Crippen molar-refractivity contribution >= 4 is 11.8 Å². The number of hydrogen-bond donors (Lipinski definition) is 1. The van der Waals surface area contributed by atoms with Gasteiger partial charge in [-0.05, 0) is 19.3 Å². The van der Waals surface area contributed by atoms with Gasteiger partial charge in [0.25, 0.3) is 0 Å². The molecule has 1 rings (SSSR count). The topological polar surface area (TPSA) is 58.6 Å². The molecule has 0 saturated carbocycles. The van der Waals surface area contributed by atoms with Crippen LogP contribution in [0.5, 0.6) is 0 Å². The molecule has 1 N–H and O–H groups in total. The first-order valence-electron chi connectivity index (χ1n) is 6.16. The minimum atomic E-state index is -0.410. The molecule has 0 spiro atoms. The van der Waals surface area contributed by atoms with Crippen molar-refractivity contribution in [2.75, 3.05) is 26.3 Å². The van der Waals surface area contributed by atoms with E-state index in [-0.39, 0.29) is 18.4 Å². The van der Waals surface area contributed by atoms with E-state index in [1.54, 1.807) is 11.8 Å². The highest BCUT2D eigenvalue weighted by Gasteiger charge is 2.28. The second-order valence-corrected chi connectivity index (χ2v) is 4.84. The van der Waals surface area contributed by atoms with E-state index in [2.05, 4.69) is 19.2 Å². The molecule has 1 fully saturated rings. The molecule has 1 unspecified atom stereocenters. The Bertz CT molecular complexity index is 279. The van der Waals surface area contributed by atoms with Crippen LogP contribution in [0, 0.1) is 5.92 Å². The van der Waals surface area contributed by atoms with Crippen LogP contribution in [0.2, 0.25) is 0 Å². The fourth-order valence-corrected chi connectivity index (χ4v) is 1.66. The summed E-state index contributed by atoms with van der Waals surface area (Å²) in [5, 5.41) is 2.60. The third kappa shape index (κ3) is 4.73. The lowest BCUT2D eigenvalue weighted by atomic mass is 10.1. The van der Waals surface area contributed by atoms with Gasteiger partial charge in [0.15, 0.2) is 0 Å². The smallest absolute Gasteiger partial charge is 0.245 e. The highest BCUT2D eigenvalue weighted by molar-refractivity contribution is 5.94. The Kier molecular flexibility index (Phi) is 5.41. The third-order valence-corrected chi connectivity index (χ3v) is 2.74. The number of carbonyl (C=O) groups excluding carboxylic acids is 2. The number of ether oxygens (including phenoxy) is 1. The molecule has 98 valence electrons. The van der Waals surface area contributed by atoms with Crippen LogP contribution in [0.4, 0.5) is 0 Å². The van der Waals surface area contributed by atoms with Crippen LogP contribution < -0.4 is 5.32 Å². The van der Waals surface area contributed by atoms with Crippen LogP contribution in [0.25, 0.3) is 0 Å². The van der Waals surface area contributed by atoms with Gasteiger partial charge in [0.1, 0.15) is 6.04 Å². The molecule has 1 aliphatic heterocycles. The number of nitrogens with zero attached hydrogens (tertiary/aromatic N) is 1. The van der Waals surface area contributed by atoms with Crippen molar-refractivity contribution in [2.24, 2.45) is 5.92 Å². The largest absolute Gasteiger partial charge is 0.380 e. The van der Waals surface area contributed by atoms with Gasteiger partial charge < -0.3 is 15.0 Å². The lowest BCUT2D eigenvalue weighted by Gasteiger charge is -2.30. The minimum Gasteiger partial charge on any atom is -0.380 e. The Balaban J connectivity index is 2.21. The Hall–Kier alpha value is -1.10. The standard InChI is InChI=1S/C12H22N2O3/c1-9(2)4-6-17-7-5-14-8-11(15)13-10(3)12(14)16/h9-10H,4-8H2,1-3H3,(H,13,15).